The molecule has 1 heterocycles. The SMILES string of the molecule is CCCCOC(=O)N1CCCC(CN)C1. The summed E-state index contributed by atoms with van der Waals surface area (Å²) >= 11 is 0. The summed E-state index contributed by atoms with van der Waals surface area (Å²) in [7, 11) is 0. The molecule has 1 rings (SSSR count). The number of nitrogens with two attached hydrogens (primary N) is 1. The van der Waals surface area contributed by atoms with Gasteiger partial charge in [0, 0.05) is 13.1 Å². The van der Waals surface area contributed by atoms with Gasteiger partial charge in [-0.1, -0.05) is 13.3 Å². The van der Waals surface area contributed by atoms with E-state index in [-0.39, 0.29) is 6.09 Å². The largest absolute Gasteiger partial charge is 0.449 e. The van der Waals surface area contributed by atoms with Crippen molar-refractivity contribution in [1.82, 2.24) is 4.90 Å². The number of rotatable bonds is 4. The minimum atomic E-state index is -0.165. The van der Waals surface area contributed by atoms with Crippen molar-refractivity contribution in [2.24, 2.45) is 11.7 Å². The van der Waals surface area contributed by atoms with Crippen LogP contribution in [0.25, 0.3) is 0 Å². The van der Waals surface area contributed by atoms with E-state index in [4.69, 9.17) is 10.5 Å². The molecule has 1 aliphatic rings. The summed E-state index contributed by atoms with van der Waals surface area (Å²) in [4.78, 5) is 13.4. The highest BCUT2D eigenvalue weighted by molar-refractivity contribution is 5.67. The number of amides is 1. The summed E-state index contributed by atoms with van der Waals surface area (Å²) < 4.78 is 5.16. The van der Waals surface area contributed by atoms with Gasteiger partial charge in [0.1, 0.15) is 0 Å². The van der Waals surface area contributed by atoms with Crippen molar-refractivity contribution >= 4 is 6.09 Å². The lowest BCUT2D eigenvalue weighted by Gasteiger charge is -2.31. The number of hydrogen-bond acceptors (Lipinski definition) is 3. The van der Waals surface area contributed by atoms with Gasteiger partial charge in [-0.3, -0.25) is 0 Å². The third kappa shape index (κ3) is 4.08. The zero-order chi connectivity index (χ0) is 11.1. The molecule has 4 heteroatoms. The van der Waals surface area contributed by atoms with Crippen molar-refractivity contribution in [2.45, 2.75) is 32.6 Å². The van der Waals surface area contributed by atoms with Crippen LogP contribution in [0.5, 0.6) is 0 Å². The predicted molar refractivity (Wildman–Crippen MR) is 59.6 cm³/mol. The Bertz CT molecular complexity index is 197. The standard InChI is InChI=1S/C11H22N2O2/c1-2-3-7-15-11(14)13-6-4-5-10(8-12)9-13/h10H,2-9,12H2,1H3. The lowest BCUT2D eigenvalue weighted by Crippen LogP contribution is -2.42. The molecule has 1 fully saturated rings. The molecule has 1 aliphatic heterocycles. The Balaban J connectivity index is 2.25. The second kappa shape index (κ2) is 6.67. The van der Waals surface area contributed by atoms with Crippen molar-refractivity contribution in [3.63, 3.8) is 0 Å². The molecular weight excluding hydrogens is 192 g/mol. The Morgan fingerprint density at radius 1 is 1.60 bits per heavy atom. The van der Waals surface area contributed by atoms with Gasteiger partial charge in [0.15, 0.2) is 0 Å². The maximum Gasteiger partial charge on any atom is 0.409 e. The van der Waals surface area contributed by atoms with Gasteiger partial charge in [-0.25, -0.2) is 4.79 Å². The molecule has 2 N–H and O–H groups in total. The zero-order valence-corrected chi connectivity index (χ0v) is 9.58. The third-order valence-corrected chi connectivity index (χ3v) is 2.83. The van der Waals surface area contributed by atoms with E-state index in [0.717, 1.165) is 38.8 Å². The first-order valence-corrected chi connectivity index (χ1v) is 5.89. The molecule has 0 aromatic heterocycles. The molecule has 15 heavy (non-hydrogen) atoms. The van der Waals surface area contributed by atoms with E-state index < -0.39 is 0 Å². The highest BCUT2D eigenvalue weighted by Gasteiger charge is 2.23. The van der Waals surface area contributed by atoms with Crippen LogP contribution in [0.3, 0.4) is 0 Å². The fraction of sp³-hybridized carbons (Fsp3) is 0.909. The smallest absolute Gasteiger partial charge is 0.409 e. The summed E-state index contributed by atoms with van der Waals surface area (Å²) in [6, 6.07) is 0. The Morgan fingerprint density at radius 2 is 2.40 bits per heavy atom. The Morgan fingerprint density at radius 3 is 3.07 bits per heavy atom. The molecule has 0 spiro atoms. The summed E-state index contributed by atoms with van der Waals surface area (Å²) in [6.07, 6.45) is 4.01. The zero-order valence-electron chi connectivity index (χ0n) is 9.58. The lowest BCUT2D eigenvalue weighted by atomic mass is 9.99. The minimum Gasteiger partial charge on any atom is -0.449 e. The normalized spacial score (nSPS) is 21.5. The van der Waals surface area contributed by atoms with Crippen molar-refractivity contribution in [3.05, 3.63) is 0 Å². The number of carbonyl (C=O) groups excluding carboxylic acids is 1. The molecule has 88 valence electrons. The summed E-state index contributed by atoms with van der Waals surface area (Å²) in [5.74, 6) is 0.456. The van der Waals surface area contributed by atoms with Crippen molar-refractivity contribution in [2.75, 3.05) is 26.2 Å². The van der Waals surface area contributed by atoms with E-state index in [9.17, 15) is 4.79 Å². The molecule has 0 radical (unpaired) electrons. The van der Waals surface area contributed by atoms with Gasteiger partial charge in [0.25, 0.3) is 0 Å². The number of hydrogen-bond donors (Lipinski definition) is 1. The molecule has 1 saturated heterocycles. The molecule has 1 unspecified atom stereocenters. The minimum absolute atomic E-state index is 0.165. The summed E-state index contributed by atoms with van der Waals surface area (Å²) in [6.45, 7) is 4.87. The molecule has 4 nitrogen and oxygen atoms in total. The lowest BCUT2D eigenvalue weighted by molar-refractivity contribution is 0.0843. The van der Waals surface area contributed by atoms with Crippen LogP contribution in [0, 0.1) is 5.92 Å². The van der Waals surface area contributed by atoms with Gasteiger partial charge < -0.3 is 15.4 Å². The predicted octanol–water partition coefficient (Wildman–Crippen LogP) is 1.59. The number of piperidine rings is 1. The number of likely N-dealkylation sites (tertiary alicyclic amines) is 1. The van der Waals surface area contributed by atoms with Gasteiger partial charge in [-0.2, -0.15) is 0 Å². The average Bonchev–Trinajstić information content (AvgIpc) is 2.29. The van der Waals surface area contributed by atoms with Gasteiger partial charge in [-0.05, 0) is 31.7 Å². The van der Waals surface area contributed by atoms with Crippen LogP contribution in [-0.4, -0.2) is 37.2 Å². The van der Waals surface area contributed by atoms with Gasteiger partial charge >= 0.3 is 6.09 Å². The van der Waals surface area contributed by atoms with Crippen LogP contribution in [-0.2, 0) is 4.74 Å². The molecule has 0 aromatic carbocycles. The van der Waals surface area contributed by atoms with Gasteiger partial charge in [0.05, 0.1) is 6.61 Å². The van der Waals surface area contributed by atoms with E-state index in [1.807, 2.05) is 0 Å². The van der Waals surface area contributed by atoms with Crippen LogP contribution in [0.4, 0.5) is 4.79 Å². The summed E-state index contributed by atoms with van der Waals surface area (Å²) in [5, 5.41) is 0. The Labute approximate surface area is 91.8 Å². The second-order valence-corrected chi connectivity index (χ2v) is 4.16. The van der Waals surface area contributed by atoms with Crippen molar-refractivity contribution in [1.29, 1.82) is 0 Å². The van der Waals surface area contributed by atoms with Crippen LogP contribution < -0.4 is 5.73 Å². The van der Waals surface area contributed by atoms with E-state index in [1.54, 1.807) is 4.90 Å². The quantitative estimate of drug-likeness (QED) is 0.723. The number of nitrogens with zero attached hydrogens (tertiary/aromatic N) is 1. The monoisotopic (exact) mass is 214 g/mol. The second-order valence-electron chi connectivity index (χ2n) is 4.16. The molecule has 1 atom stereocenters. The van der Waals surface area contributed by atoms with Crippen LogP contribution in [0.2, 0.25) is 0 Å². The Kier molecular flexibility index (Phi) is 5.47. The summed E-state index contributed by atoms with van der Waals surface area (Å²) in [5.41, 5.74) is 5.61. The first kappa shape index (κ1) is 12.3. The first-order valence-electron chi connectivity index (χ1n) is 5.89. The van der Waals surface area contributed by atoms with E-state index in [0.29, 0.717) is 19.1 Å². The fourth-order valence-electron chi connectivity index (χ4n) is 1.82. The topological polar surface area (TPSA) is 55.6 Å². The van der Waals surface area contributed by atoms with Gasteiger partial charge in [-0.15, -0.1) is 0 Å². The highest BCUT2D eigenvalue weighted by atomic mass is 16.6. The molecule has 0 aromatic rings. The van der Waals surface area contributed by atoms with Crippen molar-refractivity contribution in [3.8, 4) is 0 Å². The third-order valence-electron chi connectivity index (χ3n) is 2.83. The van der Waals surface area contributed by atoms with Crippen LogP contribution in [0.15, 0.2) is 0 Å². The molecule has 1 amide bonds. The molecule has 0 aliphatic carbocycles. The first-order chi connectivity index (χ1) is 7.27. The molecule has 0 bridgehead atoms. The van der Waals surface area contributed by atoms with E-state index in [2.05, 4.69) is 6.92 Å². The maximum absolute atomic E-state index is 11.6. The van der Waals surface area contributed by atoms with Crippen LogP contribution >= 0.6 is 0 Å². The molecule has 0 saturated carbocycles. The highest BCUT2D eigenvalue weighted by Crippen LogP contribution is 2.15. The van der Waals surface area contributed by atoms with Gasteiger partial charge in [0.2, 0.25) is 0 Å². The van der Waals surface area contributed by atoms with E-state index in [1.165, 1.54) is 0 Å². The molecular formula is C11H22N2O2. The van der Waals surface area contributed by atoms with E-state index >= 15 is 0 Å². The number of carbonyl (C=O) groups is 1. The number of unbranched alkanes of at least 4 members (excludes halogenated alkanes) is 1. The van der Waals surface area contributed by atoms with Crippen LogP contribution in [0.1, 0.15) is 32.6 Å². The maximum atomic E-state index is 11.6. The fourth-order valence-corrected chi connectivity index (χ4v) is 1.82. The Hall–Kier alpha value is -0.770. The average molecular weight is 214 g/mol. The number of ether oxygens (including phenoxy) is 1. The van der Waals surface area contributed by atoms with Crippen molar-refractivity contribution < 1.29 is 9.53 Å².